The van der Waals surface area contributed by atoms with Gasteiger partial charge in [-0.15, -0.1) is 0 Å². The van der Waals surface area contributed by atoms with Gasteiger partial charge in [0, 0.05) is 9.13 Å². The van der Waals surface area contributed by atoms with E-state index in [1.165, 1.54) is 0 Å². The van der Waals surface area contributed by atoms with Crippen LogP contribution in [0.3, 0.4) is 0 Å². The maximum Gasteiger partial charge on any atom is 0.257 e. The number of hydrogen-bond donors (Lipinski definition) is 0. The van der Waals surface area contributed by atoms with Crippen molar-refractivity contribution in [2.75, 3.05) is 0 Å². The third-order valence-corrected chi connectivity index (χ3v) is 2.27. The molecule has 13 heavy (non-hydrogen) atoms. The van der Waals surface area contributed by atoms with Crippen molar-refractivity contribution < 1.29 is 4.52 Å². The molecule has 0 aliphatic heterocycles. The summed E-state index contributed by atoms with van der Waals surface area (Å²) < 4.78 is 6.20. The normalized spacial score (nSPS) is 10.3. The highest BCUT2D eigenvalue weighted by Gasteiger charge is 2.05. The molecule has 1 aromatic heterocycles. The Hall–Kier alpha value is -0.910. The van der Waals surface area contributed by atoms with Crippen LogP contribution < -0.4 is 0 Å². The standard InChI is InChI=1S/C9H7IN2O/c1-6-11-9(13-12-6)7-3-2-4-8(10)5-7/h2-5H,1H3. The van der Waals surface area contributed by atoms with Crippen molar-refractivity contribution in [1.29, 1.82) is 0 Å². The number of benzene rings is 1. The number of aryl methyl sites for hydroxylation is 1. The second-order valence-corrected chi connectivity index (χ2v) is 3.90. The Morgan fingerprint density at radius 1 is 1.38 bits per heavy atom. The van der Waals surface area contributed by atoms with Crippen LogP contribution in [0.5, 0.6) is 0 Å². The van der Waals surface area contributed by atoms with Gasteiger partial charge in [0.05, 0.1) is 0 Å². The van der Waals surface area contributed by atoms with E-state index in [4.69, 9.17) is 4.52 Å². The van der Waals surface area contributed by atoms with Gasteiger partial charge in [0.15, 0.2) is 5.82 Å². The highest BCUT2D eigenvalue weighted by atomic mass is 127. The highest BCUT2D eigenvalue weighted by Crippen LogP contribution is 2.18. The molecule has 0 saturated carbocycles. The minimum Gasteiger partial charge on any atom is -0.334 e. The van der Waals surface area contributed by atoms with Crippen LogP contribution in [0, 0.1) is 10.5 Å². The lowest BCUT2D eigenvalue weighted by Gasteiger charge is -1.93. The minimum atomic E-state index is 0.580. The Bertz CT molecular complexity index is 425. The van der Waals surface area contributed by atoms with E-state index in [0.717, 1.165) is 9.13 Å². The van der Waals surface area contributed by atoms with E-state index in [2.05, 4.69) is 32.7 Å². The molecule has 0 saturated heterocycles. The molecule has 0 unspecified atom stereocenters. The van der Waals surface area contributed by atoms with Crippen molar-refractivity contribution in [2.24, 2.45) is 0 Å². The molecule has 3 nitrogen and oxygen atoms in total. The molecule has 0 spiro atoms. The number of aromatic nitrogens is 2. The molecule has 2 rings (SSSR count). The molecule has 0 fully saturated rings. The molecule has 4 heteroatoms. The largest absolute Gasteiger partial charge is 0.334 e. The number of halogens is 1. The van der Waals surface area contributed by atoms with Crippen molar-refractivity contribution in [3.63, 3.8) is 0 Å². The van der Waals surface area contributed by atoms with Crippen LogP contribution in [-0.4, -0.2) is 10.1 Å². The smallest absolute Gasteiger partial charge is 0.257 e. The van der Waals surface area contributed by atoms with E-state index in [0.29, 0.717) is 11.7 Å². The SMILES string of the molecule is Cc1noc(-c2cccc(I)c2)n1. The van der Waals surface area contributed by atoms with E-state index in [1.807, 2.05) is 24.3 Å². The van der Waals surface area contributed by atoms with Gasteiger partial charge in [0.2, 0.25) is 0 Å². The summed E-state index contributed by atoms with van der Waals surface area (Å²) in [5.41, 5.74) is 0.965. The third-order valence-electron chi connectivity index (χ3n) is 1.60. The van der Waals surface area contributed by atoms with Crippen LogP contribution in [0.25, 0.3) is 11.5 Å². The zero-order valence-electron chi connectivity index (χ0n) is 6.99. The maximum atomic E-state index is 5.04. The van der Waals surface area contributed by atoms with Crippen LogP contribution in [0.1, 0.15) is 5.82 Å². The predicted molar refractivity (Wildman–Crippen MR) is 57.2 cm³/mol. The van der Waals surface area contributed by atoms with Crippen molar-refractivity contribution in [1.82, 2.24) is 10.1 Å². The second kappa shape index (κ2) is 3.45. The number of nitrogens with zero attached hydrogens (tertiary/aromatic N) is 2. The fourth-order valence-electron chi connectivity index (χ4n) is 1.04. The van der Waals surface area contributed by atoms with Gasteiger partial charge in [-0.25, -0.2) is 0 Å². The van der Waals surface area contributed by atoms with Gasteiger partial charge in [0.1, 0.15) is 0 Å². The maximum absolute atomic E-state index is 5.04. The Labute approximate surface area is 89.3 Å². The fourth-order valence-corrected chi connectivity index (χ4v) is 1.58. The topological polar surface area (TPSA) is 38.9 Å². The highest BCUT2D eigenvalue weighted by molar-refractivity contribution is 14.1. The molecule has 1 heterocycles. The molecule has 0 aliphatic carbocycles. The predicted octanol–water partition coefficient (Wildman–Crippen LogP) is 2.65. The summed E-state index contributed by atoms with van der Waals surface area (Å²) in [4.78, 5) is 4.14. The van der Waals surface area contributed by atoms with Gasteiger partial charge in [0.25, 0.3) is 5.89 Å². The van der Waals surface area contributed by atoms with Crippen molar-refractivity contribution in [2.45, 2.75) is 6.92 Å². The lowest BCUT2D eigenvalue weighted by atomic mass is 10.2. The molecule has 0 bridgehead atoms. The van der Waals surface area contributed by atoms with Crippen LogP contribution >= 0.6 is 22.6 Å². The van der Waals surface area contributed by atoms with Crippen molar-refractivity contribution in [3.8, 4) is 11.5 Å². The Morgan fingerprint density at radius 2 is 2.23 bits per heavy atom. The average molecular weight is 286 g/mol. The van der Waals surface area contributed by atoms with E-state index in [1.54, 1.807) is 6.92 Å². The molecule has 0 radical (unpaired) electrons. The molecule has 0 N–H and O–H groups in total. The van der Waals surface area contributed by atoms with Crippen LogP contribution in [0.4, 0.5) is 0 Å². The van der Waals surface area contributed by atoms with E-state index in [-0.39, 0.29) is 0 Å². The first-order chi connectivity index (χ1) is 6.25. The molecular weight excluding hydrogens is 279 g/mol. The fraction of sp³-hybridized carbons (Fsp3) is 0.111. The third kappa shape index (κ3) is 1.88. The molecule has 1 aromatic carbocycles. The molecule has 2 aromatic rings. The first-order valence-corrected chi connectivity index (χ1v) is 4.90. The van der Waals surface area contributed by atoms with Gasteiger partial charge >= 0.3 is 0 Å². The Balaban J connectivity index is 2.46. The summed E-state index contributed by atoms with van der Waals surface area (Å²) in [7, 11) is 0. The van der Waals surface area contributed by atoms with E-state index >= 15 is 0 Å². The van der Waals surface area contributed by atoms with Crippen LogP contribution in [-0.2, 0) is 0 Å². The summed E-state index contributed by atoms with van der Waals surface area (Å²) >= 11 is 2.25. The monoisotopic (exact) mass is 286 g/mol. The zero-order valence-corrected chi connectivity index (χ0v) is 9.15. The van der Waals surface area contributed by atoms with E-state index < -0.39 is 0 Å². The first kappa shape index (κ1) is 8.68. The zero-order chi connectivity index (χ0) is 9.26. The van der Waals surface area contributed by atoms with Gasteiger partial charge < -0.3 is 4.52 Å². The summed E-state index contributed by atoms with van der Waals surface area (Å²) in [5, 5.41) is 3.73. The lowest BCUT2D eigenvalue weighted by Crippen LogP contribution is -1.78. The van der Waals surface area contributed by atoms with Crippen LogP contribution in [0.15, 0.2) is 28.8 Å². The summed E-state index contributed by atoms with van der Waals surface area (Å²) in [6.07, 6.45) is 0. The van der Waals surface area contributed by atoms with Crippen LogP contribution in [0.2, 0.25) is 0 Å². The van der Waals surface area contributed by atoms with E-state index in [9.17, 15) is 0 Å². The second-order valence-electron chi connectivity index (χ2n) is 2.66. The molecule has 66 valence electrons. The van der Waals surface area contributed by atoms with Gasteiger partial charge in [-0.1, -0.05) is 11.2 Å². The lowest BCUT2D eigenvalue weighted by molar-refractivity contribution is 0.425. The van der Waals surface area contributed by atoms with Gasteiger partial charge in [-0.3, -0.25) is 0 Å². The summed E-state index contributed by atoms with van der Waals surface area (Å²) in [6.45, 7) is 1.81. The Morgan fingerprint density at radius 3 is 2.85 bits per heavy atom. The molecule has 0 atom stereocenters. The minimum absolute atomic E-state index is 0.580. The molecule has 0 aliphatic rings. The summed E-state index contributed by atoms with van der Waals surface area (Å²) in [6, 6.07) is 7.95. The van der Waals surface area contributed by atoms with Gasteiger partial charge in [-0.05, 0) is 47.7 Å². The molecule has 0 amide bonds. The van der Waals surface area contributed by atoms with Crippen molar-refractivity contribution >= 4 is 22.6 Å². The summed E-state index contributed by atoms with van der Waals surface area (Å²) in [5.74, 6) is 1.24. The van der Waals surface area contributed by atoms with Gasteiger partial charge in [-0.2, -0.15) is 4.98 Å². The number of hydrogen-bond acceptors (Lipinski definition) is 3. The molecular formula is C9H7IN2O. The van der Waals surface area contributed by atoms with Crippen molar-refractivity contribution in [3.05, 3.63) is 33.7 Å². The number of rotatable bonds is 1. The quantitative estimate of drug-likeness (QED) is 0.756. The Kier molecular flexibility index (Phi) is 2.30. The first-order valence-electron chi connectivity index (χ1n) is 3.82. The average Bonchev–Trinajstić information content (AvgIpc) is 2.52.